The minimum atomic E-state index is -3.46. The first-order valence-corrected chi connectivity index (χ1v) is 9.29. The first kappa shape index (κ1) is 18.7. The van der Waals surface area contributed by atoms with Gasteiger partial charge in [0, 0.05) is 11.8 Å². The van der Waals surface area contributed by atoms with Crippen LogP contribution in [-0.4, -0.2) is 38.1 Å². The van der Waals surface area contributed by atoms with Crippen molar-refractivity contribution >= 4 is 27.7 Å². The molecule has 1 N–H and O–H groups in total. The highest BCUT2D eigenvalue weighted by Gasteiger charge is 2.20. The van der Waals surface area contributed by atoms with E-state index in [1.165, 1.54) is 25.1 Å². The maximum absolute atomic E-state index is 12.3. The van der Waals surface area contributed by atoms with Crippen molar-refractivity contribution in [2.45, 2.75) is 25.7 Å². The number of amides is 1. The molecule has 0 aliphatic carbocycles. The van der Waals surface area contributed by atoms with Crippen LogP contribution in [0, 0.1) is 13.8 Å². The maximum Gasteiger partial charge on any atom is 0.360 e. The summed E-state index contributed by atoms with van der Waals surface area (Å²) in [5, 5.41) is 2.40. The van der Waals surface area contributed by atoms with E-state index in [-0.39, 0.29) is 34.5 Å². The Kier molecular flexibility index (Phi) is 5.27. The summed E-state index contributed by atoms with van der Waals surface area (Å²) >= 11 is 0. The number of oxazole rings is 1. The fourth-order valence-corrected chi connectivity index (χ4v) is 3.14. The molecular weight excluding hydrogens is 348 g/mol. The number of ether oxygens (including phenoxy) is 1. The van der Waals surface area contributed by atoms with Crippen molar-refractivity contribution in [3.05, 3.63) is 40.8 Å². The molecule has 0 saturated heterocycles. The van der Waals surface area contributed by atoms with E-state index in [4.69, 9.17) is 9.15 Å². The molecule has 1 aromatic heterocycles. The van der Waals surface area contributed by atoms with Crippen LogP contribution in [0.1, 0.15) is 39.1 Å². The van der Waals surface area contributed by atoms with Gasteiger partial charge in [0.1, 0.15) is 5.76 Å². The zero-order valence-electron chi connectivity index (χ0n) is 14.2. The number of carbonyl (C=O) groups excluding carboxylic acids is 2. The largest absolute Gasteiger partial charge is 0.461 e. The van der Waals surface area contributed by atoms with E-state index in [0.717, 1.165) is 6.26 Å². The van der Waals surface area contributed by atoms with Crippen LogP contribution < -0.4 is 5.32 Å². The molecule has 0 atom stereocenters. The lowest BCUT2D eigenvalue weighted by Gasteiger charge is -2.06. The van der Waals surface area contributed by atoms with E-state index in [9.17, 15) is 18.0 Å². The van der Waals surface area contributed by atoms with Gasteiger partial charge < -0.3 is 9.15 Å². The normalized spacial score (nSPS) is 11.2. The van der Waals surface area contributed by atoms with Gasteiger partial charge in [-0.05, 0) is 38.5 Å². The molecule has 1 aromatic carbocycles. The van der Waals surface area contributed by atoms with Gasteiger partial charge in [-0.1, -0.05) is 6.07 Å². The number of hydrogen-bond donors (Lipinski definition) is 1. The Morgan fingerprint density at radius 1 is 1.28 bits per heavy atom. The Balaban J connectivity index is 2.26. The van der Waals surface area contributed by atoms with Crippen LogP contribution in [0.4, 0.5) is 6.01 Å². The summed E-state index contributed by atoms with van der Waals surface area (Å²) in [4.78, 5) is 28.0. The number of carbonyl (C=O) groups is 2. The average Bonchev–Trinajstić information content (AvgIpc) is 2.87. The molecule has 0 bridgehead atoms. The van der Waals surface area contributed by atoms with Crippen LogP contribution in [0.15, 0.2) is 27.5 Å². The summed E-state index contributed by atoms with van der Waals surface area (Å²) in [7, 11) is -3.46. The molecule has 0 radical (unpaired) electrons. The third-order valence-electron chi connectivity index (χ3n) is 3.34. The fraction of sp³-hybridized carbons (Fsp3) is 0.312. The van der Waals surface area contributed by atoms with Crippen molar-refractivity contribution < 1.29 is 27.2 Å². The van der Waals surface area contributed by atoms with Crippen molar-refractivity contribution in [2.24, 2.45) is 0 Å². The Bertz CT molecular complexity index is 930. The van der Waals surface area contributed by atoms with E-state index in [0.29, 0.717) is 5.56 Å². The van der Waals surface area contributed by atoms with Gasteiger partial charge in [-0.25, -0.2) is 13.2 Å². The number of anilines is 1. The number of sulfone groups is 1. The molecule has 0 aliphatic rings. The van der Waals surface area contributed by atoms with Gasteiger partial charge in [-0.2, -0.15) is 4.98 Å². The summed E-state index contributed by atoms with van der Waals surface area (Å²) in [6.07, 6.45) is 1.07. The second-order valence-electron chi connectivity index (χ2n) is 5.35. The topological polar surface area (TPSA) is 116 Å². The first-order chi connectivity index (χ1) is 11.6. The Hall–Kier alpha value is -2.68. The van der Waals surface area contributed by atoms with Crippen LogP contribution in [0.2, 0.25) is 0 Å². The number of rotatable bonds is 5. The summed E-state index contributed by atoms with van der Waals surface area (Å²) in [5.74, 6) is -1.06. The zero-order chi connectivity index (χ0) is 18.8. The van der Waals surface area contributed by atoms with Gasteiger partial charge in [0.2, 0.25) is 0 Å². The molecule has 134 valence electrons. The number of hydrogen-bond acceptors (Lipinski definition) is 7. The number of benzene rings is 1. The fourth-order valence-electron chi connectivity index (χ4n) is 2.15. The highest BCUT2D eigenvalue weighted by molar-refractivity contribution is 7.90. The molecule has 2 rings (SSSR count). The minimum absolute atomic E-state index is 0.0297. The van der Waals surface area contributed by atoms with E-state index < -0.39 is 21.7 Å². The van der Waals surface area contributed by atoms with E-state index in [2.05, 4.69) is 10.3 Å². The zero-order valence-corrected chi connectivity index (χ0v) is 15.1. The van der Waals surface area contributed by atoms with Gasteiger partial charge in [0.15, 0.2) is 15.5 Å². The Morgan fingerprint density at radius 2 is 1.96 bits per heavy atom. The van der Waals surface area contributed by atoms with Crippen LogP contribution in [0.25, 0.3) is 0 Å². The van der Waals surface area contributed by atoms with Gasteiger partial charge >= 0.3 is 12.0 Å². The van der Waals surface area contributed by atoms with Crippen LogP contribution in [0.3, 0.4) is 0 Å². The lowest BCUT2D eigenvalue weighted by molar-refractivity contribution is 0.0518. The molecule has 0 saturated carbocycles. The summed E-state index contributed by atoms with van der Waals surface area (Å²) < 4.78 is 33.6. The van der Waals surface area contributed by atoms with Crippen molar-refractivity contribution in [3.63, 3.8) is 0 Å². The molecule has 1 heterocycles. The lowest BCUT2D eigenvalue weighted by atomic mass is 10.1. The molecule has 0 spiro atoms. The highest BCUT2D eigenvalue weighted by atomic mass is 32.2. The molecule has 0 fully saturated rings. The summed E-state index contributed by atoms with van der Waals surface area (Å²) in [6.45, 7) is 5.00. The molecule has 0 aliphatic heterocycles. The minimum Gasteiger partial charge on any atom is -0.461 e. The third kappa shape index (κ3) is 4.24. The second kappa shape index (κ2) is 7.06. The SMILES string of the molecule is CCOC(=O)c1nc(NC(=O)c2ccc(C)c(S(C)(=O)=O)c2)oc1C. The monoisotopic (exact) mass is 366 g/mol. The highest BCUT2D eigenvalue weighted by Crippen LogP contribution is 2.19. The Labute approximate surface area is 145 Å². The van der Waals surface area contributed by atoms with Crippen LogP contribution >= 0.6 is 0 Å². The predicted molar refractivity (Wildman–Crippen MR) is 89.4 cm³/mol. The van der Waals surface area contributed by atoms with E-state index in [1.54, 1.807) is 13.8 Å². The Morgan fingerprint density at radius 3 is 2.56 bits per heavy atom. The third-order valence-corrected chi connectivity index (χ3v) is 4.57. The van der Waals surface area contributed by atoms with Gasteiger partial charge in [-0.3, -0.25) is 10.1 Å². The van der Waals surface area contributed by atoms with Gasteiger partial charge in [0.05, 0.1) is 11.5 Å². The van der Waals surface area contributed by atoms with Crippen LogP contribution in [0.5, 0.6) is 0 Å². The number of nitrogens with one attached hydrogen (secondary N) is 1. The molecule has 25 heavy (non-hydrogen) atoms. The smallest absolute Gasteiger partial charge is 0.360 e. The molecule has 0 unspecified atom stereocenters. The standard InChI is InChI=1S/C16H18N2O6S/c1-5-23-15(20)13-10(3)24-16(17-13)18-14(19)11-7-6-9(2)12(8-11)25(4,21)22/h6-8H,5H2,1-4H3,(H,17,18,19). The van der Waals surface area contributed by atoms with E-state index in [1.807, 2.05) is 0 Å². The first-order valence-electron chi connectivity index (χ1n) is 7.40. The lowest BCUT2D eigenvalue weighted by Crippen LogP contribution is -2.14. The molecular formula is C16H18N2O6S. The molecule has 8 nitrogen and oxygen atoms in total. The summed E-state index contributed by atoms with van der Waals surface area (Å²) in [5.41, 5.74) is 0.632. The molecule has 1 amide bonds. The van der Waals surface area contributed by atoms with Crippen molar-refractivity contribution in [1.29, 1.82) is 0 Å². The van der Waals surface area contributed by atoms with Crippen molar-refractivity contribution in [3.8, 4) is 0 Å². The maximum atomic E-state index is 12.3. The second-order valence-corrected chi connectivity index (χ2v) is 7.34. The van der Waals surface area contributed by atoms with Crippen LogP contribution in [-0.2, 0) is 14.6 Å². The quantitative estimate of drug-likeness (QED) is 0.806. The number of nitrogens with zero attached hydrogens (tertiary/aromatic N) is 1. The predicted octanol–water partition coefficient (Wildman–Crippen LogP) is 2.12. The average molecular weight is 366 g/mol. The number of aryl methyl sites for hydroxylation is 2. The molecule has 2 aromatic rings. The van der Waals surface area contributed by atoms with Crippen molar-refractivity contribution in [1.82, 2.24) is 4.98 Å². The van der Waals surface area contributed by atoms with Gasteiger partial charge in [-0.15, -0.1) is 0 Å². The van der Waals surface area contributed by atoms with Crippen molar-refractivity contribution in [2.75, 3.05) is 18.2 Å². The summed E-state index contributed by atoms with van der Waals surface area (Å²) in [6, 6.07) is 4.13. The molecule has 9 heteroatoms. The number of esters is 1. The van der Waals surface area contributed by atoms with Gasteiger partial charge in [0.25, 0.3) is 5.91 Å². The number of aromatic nitrogens is 1. The van der Waals surface area contributed by atoms with E-state index >= 15 is 0 Å².